The molecule has 2 fully saturated rings. The van der Waals surface area contributed by atoms with Gasteiger partial charge in [-0.15, -0.1) is 0 Å². The second-order valence-corrected chi connectivity index (χ2v) is 6.55. The van der Waals surface area contributed by atoms with Crippen LogP contribution in [0.1, 0.15) is 12.0 Å². The first-order valence-electron chi connectivity index (χ1n) is 8.51. The molecule has 2 aliphatic rings. The van der Waals surface area contributed by atoms with Crippen LogP contribution in [-0.2, 0) is 16.1 Å². The summed E-state index contributed by atoms with van der Waals surface area (Å²) in [5.41, 5.74) is 0.978. The number of methoxy groups -OCH3 is 1. The van der Waals surface area contributed by atoms with Crippen LogP contribution in [-0.4, -0.2) is 54.0 Å². The number of pyridine rings is 1. The van der Waals surface area contributed by atoms with Crippen molar-refractivity contribution in [1.82, 2.24) is 15.0 Å². The molecule has 0 N–H and O–H groups in total. The lowest BCUT2D eigenvalue weighted by Gasteiger charge is -2.50. The topological polar surface area (TPSA) is 69.6 Å². The van der Waals surface area contributed by atoms with Crippen LogP contribution in [0, 0.1) is 5.92 Å². The van der Waals surface area contributed by atoms with E-state index in [1.165, 1.54) is 6.33 Å². The van der Waals surface area contributed by atoms with E-state index in [1.807, 2.05) is 24.4 Å². The van der Waals surface area contributed by atoms with Crippen LogP contribution in [0.4, 0.5) is 5.82 Å². The SMILES string of the molecule is COc1cc(N2CC3(C2)OCCC3COCc2cccnc2)ncn1. The molecule has 0 bridgehead atoms. The number of ether oxygens (including phenoxy) is 3. The van der Waals surface area contributed by atoms with Crippen molar-refractivity contribution in [1.29, 1.82) is 0 Å². The smallest absolute Gasteiger partial charge is 0.218 e. The monoisotopic (exact) mass is 342 g/mol. The van der Waals surface area contributed by atoms with Crippen molar-refractivity contribution in [2.24, 2.45) is 5.92 Å². The van der Waals surface area contributed by atoms with Gasteiger partial charge in [-0.05, 0) is 18.1 Å². The number of nitrogens with zero attached hydrogens (tertiary/aromatic N) is 4. The van der Waals surface area contributed by atoms with E-state index < -0.39 is 0 Å². The Balaban J connectivity index is 1.33. The minimum Gasteiger partial charge on any atom is -0.481 e. The van der Waals surface area contributed by atoms with Crippen LogP contribution in [0.3, 0.4) is 0 Å². The van der Waals surface area contributed by atoms with Crippen LogP contribution >= 0.6 is 0 Å². The second-order valence-electron chi connectivity index (χ2n) is 6.55. The molecule has 1 spiro atoms. The van der Waals surface area contributed by atoms with Gasteiger partial charge in [0.15, 0.2) is 0 Å². The molecule has 1 atom stereocenters. The van der Waals surface area contributed by atoms with E-state index >= 15 is 0 Å². The quantitative estimate of drug-likeness (QED) is 0.791. The van der Waals surface area contributed by atoms with Gasteiger partial charge in [0, 0.05) is 31.0 Å². The van der Waals surface area contributed by atoms with Gasteiger partial charge in [-0.2, -0.15) is 0 Å². The summed E-state index contributed by atoms with van der Waals surface area (Å²) in [6, 6.07) is 5.82. The van der Waals surface area contributed by atoms with E-state index in [0.29, 0.717) is 25.0 Å². The summed E-state index contributed by atoms with van der Waals surface area (Å²) in [7, 11) is 1.61. The van der Waals surface area contributed by atoms with Crippen molar-refractivity contribution >= 4 is 5.82 Å². The first-order valence-corrected chi connectivity index (χ1v) is 8.51. The van der Waals surface area contributed by atoms with Crippen molar-refractivity contribution in [2.75, 3.05) is 38.3 Å². The van der Waals surface area contributed by atoms with Gasteiger partial charge in [-0.25, -0.2) is 9.97 Å². The Morgan fingerprint density at radius 2 is 2.28 bits per heavy atom. The van der Waals surface area contributed by atoms with Crippen molar-refractivity contribution < 1.29 is 14.2 Å². The molecule has 7 heteroatoms. The minimum absolute atomic E-state index is 0.118. The highest BCUT2D eigenvalue weighted by Crippen LogP contribution is 2.41. The zero-order chi connectivity index (χ0) is 17.1. The minimum atomic E-state index is -0.118. The van der Waals surface area contributed by atoms with Crippen molar-refractivity contribution in [2.45, 2.75) is 18.6 Å². The van der Waals surface area contributed by atoms with E-state index in [9.17, 15) is 0 Å². The maximum absolute atomic E-state index is 6.09. The molecule has 2 aliphatic heterocycles. The Bertz CT molecular complexity index is 706. The molecule has 25 heavy (non-hydrogen) atoms. The third-order valence-corrected chi connectivity index (χ3v) is 4.99. The predicted octanol–water partition coefficient (Wildman–Crippen LogP) is 1.69. The largest absolute Gasteiger partial charge is 0.481 e. The fraction of sp³-hybridized carbons (Fsp3) is 0.500. The Morgan fingerprint density at radius 3 is 3.08 bits per heavy atom. The maximum atomic E-state index is 6.09. The Morgan fingerprint density at radius 1 is 1.36 bits per heavy atom. The normalized spacial score (nSPS) is 21.3. The molecule has 7 nitrogen and oxygen atoms in total. The molecular formula is C18H22N4O3. The Hall–Kier alpha value is -2.25. The number of hydrogen-bond donors (Lipinski definition) is 0. The fourth-order valence-electron chi connectivity index (χ4n) is 3.55. The highest BCUT2D eigenvalue weighted by molar-refractivity contribution is 5.46. The highest BCUT2D eigenvalue weighted by Gasteiger charge is 2.53. The lowest BCUT2D eigenvalue weighted by Crippen LogP contribution is -2.65. The molecule has 1 unspecified atom stereocenters. The Labute approximate surface area is 147 Å². The second kappa shape index (κ2) is 6.93. The molecule has 132 valence electrons. The lowest BCUT2D eigenvalue weighted by molar-refractivity contribution is -0.0655. The zero-order valence-corrected chi connectivity index (χ0v) is 14.3. The first-order chi connectivity index (χ1) is 12.3. The van der Waals surface area contributed by atoms with E-state index in [-0.39, 0.29) is 5.60 Å². The summed E-state index contributed by atoms with van der Waals surface area (Å²) in [4.78, 5) is 14.7. The summed E-state index contributed by atoms with van der Waals surface area (Å²) < 4.78 is 17.2. The van der Waals surface area contributed by atoms with Gasteiger partial charge >= 0.3 is 0 Å². The molecule has 4 rings (SSSR count). The summed E-state index contributed by atoms with van der Waals surface area (Å²) in [5.74, 6) is 1.86. The lowest BCUT2D eigenvalue weighted by atomic mass is 9.81. The molecule has 0 aromatic carbocycles. The third-order valence-electron chi connectivity index (χ3n) is 4.99. The number of aromatic nitrogens is 3. The van der Waals surface area contributed by atoms with Gasteiger partial charge in [-0.1, -0.05) is 6.07 Å². The average molecular weight is 342 g/mol. The summed E-state index contributed by atoms with van der Waals surface area (Å²) >= 11 is 0. The van der Waals surface area contributed by atoms with Crippen LogP contribution in [0.25, 0.3) is 0 Å². The van der Waals surface area contributed by atoms with Crippen molar-refractivity contribution in [3.63, 3.8) is 0 Å². The molecular weight excluding hydrogens is 320 g/mol. The van der Waals surface area contributed by atoms with Gasteiger partial charge in [0.25, 0.3) is 0 Å². The molecule has 2 aromatic heterocycles. The number of hydrogen-bond acceptors (Lipinski definition) is 7. The van der Waals surface area contributed by atoms with E-state index in [1.54, 1.807) is 13.3 Å². The van der Waals surface area contributed by atoms with Gasteiger partial charge in [-0.3, -0.25) is 4.98 Å². The van der Waals surface area contributed by atoms with Gasteiger partial charge in [0.1, 0.15) is 17.7 Å². The van der Waals surface area contributed by atoms with E-state index in [2.05, 4.69) is 19.9 Å². The van der Waals surface area contributed by atoms with Gasteiger partial charge in [0.2, 0.25) is 5.88 Å². The number of rotatable bonds is 6. The molecule has 2 saturated heterocycles. The number of anilines is 1. The van der Waals surface area contributed by atoms with Crippen LogP contribution in [0.2, 0.25) is 0 Å². The van der Waals surface area contributed by atoms with Crippen LogP contribution < -0.4 is 9.64 Å². The molecule has 0 aliphatic carbocycles. The summed E-state index contributed by atoms with van der Waals surface area (Å²) in [5, 5.41) is 0. The fourth-order valence-corrected chi connectivity index (χ4v) is 3.55. The molecule has 0 saturated carbocycles. The van der Waals surface area contributed by atoms with Crippen LogP contribution in [0.5, 0.6) is 5.88 Å². The van der Waals surface area contributed by atoms with E-state index in [0.717, 1.165) is 37.5 Å². The van der Waals surface area contributed by atoms with Gasteiger partial charge < -0.3 is 19.1 Å². The Kier molecular flexibility index (Phi) is 4.50. The molecule has 2 aromatic rings. The summed E-state index contributed by atoms with van der Waals surface area (Å²) in [6.45, 7) is 3.74. The molecule has 0 amide bonds. The first kappa shape index (κ1) is 16.2. The zero-order valence-electron chi connectivity index (χ0n) is 14.3. The summed E-state index contributed by atoms with van der Waals surface area (Å²) in [6.07, 6.45) is 6.18. The third kappa shape index (κ3) is 3.29. The standard InChI is InChI=1S/C18H22N4O3/c1-23-17-7-16(20-13-21-17)22-11-18(12-22)15(4-6-25-18)10-24-9-14-3-2-5-19-8-14/h2-3,5,7-8,13,15H,4,6,9-12H2,1H3. The average Bonchev–Trinajstić information content (AvgIpc) is 3.05. The molecule has 0 radical (unpaired) electrons. The van der Waals surface area contributed by atoms with Gasteiger partial charge in [0.05, 0.1) is 33.4 Å². The maximum Gasteiger partial charge on any atom is 0.218 e. The van der Waals surface area contributed by atoms with Crippen molar-refractivity contribution in [3.8, 4) is 5.88 Å². The molecule has 4 heterocycles. The van der Waals surface area contributed by atoms with E-state index in [4.69, 9.17) is 14.2 Å². The predicted molar refractivity (Wildman–Crippen MR) is 91.5 cm³/mol. The van der Waals surface area contributed by atoms with Crippen molar-refractivity contribution in [3.05, 3.63) is 42.5 Å². The van der Waals surface area contributed by atoms with Crippen LogP contribution in [0.15, 0.2) is 36.9 Å². The highest BCUT2D eigenvalue weighted by atomic mass is 16.5.